The van der Waals surface area contributed by atoms with Crippen LogP contribution in [0, 0.1) is 6.92 Å². The van der Waals surface area contributed by atoms with Crippen molar-refractivity contribution in [3.05, 3.63) is 29.3 Å². The molecule has 0 fully saturated rings. The van der Waals surface area contributed by atoms with Gasteiger partial charge < -0.3 is 0 Å². The van der Waals surface area contributed by atoms with E-state index in [4.69, 9.17) is 0 Å². The summed E-state index contributed by atoms with van der Waals surface area (Å²) >= 11 is 0. The van der Waals surface area contributed by atoms with Crippen LogP contribution in [0.1, 0.15) is 15.9 Å². The highest BCUT2D eigenvalue weighted by molar-refractivity contribution is 7.27. The number of hydrogen-bond acceptors (Lipinski definition) is 1. The summed E-state index contributed by atoms with van der Waals surface area (Å²) in [6, 6.07) is 5.77. The molecule has 0 radical (unpaired) electrons. The second kappa shape index (κ2) is 2.94. The SMILES string of the molecule is Cc1cccc(P)c1C=O. The summed E-state index contributed by atoms with van der Waals surface area (Å²) in [6.45, 7) is 1.93. The molecule has 0 bridgehead atoms. The molecule has 1 aromatic rings. The highest BCUT2D eigenvalue weighted by Crippen LogP contribution is 2.03. The van der Waals surface area contributed by atoms with E-state index in [0.29, 0.717) is 0 Å². The molecule has 1 nitrogen and oxygen atoms in total. The third-order valence-corrected chi connectivity index (χ3v) is 1.98. The van der Waals surface area contributed by atoms with Gasteiger partial charge in [0.1, 0.15) is 0 Å². The molecule has 0 amide bonds. The van der Waals surface area contributed by atoms with Gasteiger partial charge in [0.05, 0.1) is 0 Å². The third kappa shape index (κ3) is 1.25. The Kier molecular flexibility index (Phi) is 2.18. The summed E-state index contributed by atoms with van der Waals surface area (Å²) in [5.41, 5.74) is 1.81. The van der Waals surface area contributed by atoms with Crippen LogP contribution in [0.15, 0.2) is 18.2 Å². The molecule has 0 aromatic heterocycles. The zero-order chi connectivity index (χ0) is 7.56. The first kappa shape index (κ1) is 7.43. The second-order valence-corrected chi connectivity index (χ2v) is 2.82. The first-order valence-electron chi connectivity index (χ1n) is 3.06. The monoisotopic (exact) mass is 152 g/mol. The average molecular weight is 152 g/mol. The van der Waals surface area contributed by atoms with Crippen molar-refractivity contribution in [1.29, 1.82) is 0 Å². The molecule has 1 unspecified atom stereocenters. The van der Waals surface area contributed by atoms with Gasteiger partial charge in [0.25, 0.3) is 0 Å². The summed E-state index contributed by atoms with van der Waals surface area (Å²) in [7, 11) is 2.53. The van der Waals surface area contributed by atoms with Crippen LogP contribution in [-0.2, 0) is 0 Å². The minimum Gasteiger partial charge on any atom is -0.298 e. The Balaban J connectivity index is 3.30. The van der Waals surface area contributed by atoms with Crippen molar-refractivity contribution >= 4 is 20.8 Å². The number of rotatable bonds is 1. The third-order valence-electron chi connectivity index (χ3n) is 1.48. The molecule has 0 aliphatic rings. The van der Waals surface area contributed by atoms with Crippen molar-refractivity contribution in [2.24, 2.45) is 0 Å². The average Bonchev–Trinajstić information content (AvgIpc) is 1.88. The van der Waals surface area contributed by atoms with Crippen molar-refractivity contribution in [3.63, 3.8) is 0 Å². The van der Waals surface area contributed by atoms with E-state index in [0.717, 1.165) is 22.7 Å². The largest absolute Gasteiger partial charge is 0.298 e. The van der Waals surface area contributed by atoms with Crippen molar-refractivity contribution in [1.82, 2.24) is 0 Å². The molecule has 0 N–H and O–H groups in total. The summed E-state index contributed by atoms with van der Waals surface area (Å²) in [6.07, 6.45) is 0.887. The Morgan fingerprint density at radius 1 is 1.50 bits per heavy atom. The Hall–Kier alpha value is -0.680. The van der Waals surface area contributed by atoms with Gasteiger partial charge in [0, 0.05) is 5.56 Å². The van der Waals surface area contributed by atoms with E-state index in [1.54, 1.807) is 0 Å². The van der Waals surface area contributed by atoms with Crippen LogP contribution in [0.3, 0.4) is 0 Å². The Bertz CT molecular complexity index is 235. The lowest BCUT2D eigenvalue weighted by atomic mass is 10.1. The maximum Gasteiger partial charge on any atom is 0.150 e. The lowest BCUT2D eigenvalue weighted by Crippen LogP contribution is -2.01. The van der Waals surface area contributed by atoms with Gasteiger partial charge in [-0.15, -0.1) is 9.24 Å². The Morgan fingerprint density at radius 3 is 2.60 bits per heavy atom. The predicted molar refractivity (Wildman–Crippen MR) is 45.9 cm³/mol. The molecule has 1 atom stereocenters. The van der Waals surface area contributed by atoms with E-state index in [2.05, 4.69) is 9.24 Å². The van der Waals surface area contributed by atoms with E-state index in [9.17, 15) is 4.79 Å². The quantitative estimate of drug-likeness (QED) is 0.438. The molecule has 52 valence electrons. The fourth-order valence-electron chi connectivity index (χ4n) is 0.864. The van der Waals surface area contributed by atoms with Gasteiger partial charge >= 0.3 is 0 Å². The van der Waals surface area contributed by atoms with Crippen LogP contribution in [0.5, 0.6) is 0 Å². The van der Waals surface area contributed by atoms with E-state index in [1.165, 1.54) is 0 Å². The van der Waals surface area contributed by atoms with Gasteiger partial charge in [-0.25, -0.2) is 0 Å². The summed E-state index contributed by atoms with van der Waals surface area (Å²) in [5.74, 6) is 0. The van der Waals surface area contributed by atoms with Crippen molar-refractivity contribution < 1.29 is 4.79 Å². The van der Waals surface area contributed by atoms with Crippen LogP contribution < -0.4 is 5.30 Å². The summed E-state index contributed by atoms with van der Waals surface area (Å²) in [4.78, 5) is 10.4. The molecule has 0 heterocycles. The zero-order valence-electron chi connectivity index (χ0n) is 5.79. The van der Waals surface area contributed by atoms with Crippen molar-refractivity contribution in [2.75, 3.05) is 0 Å². The van der Waals surface area contributed by atoms with Crippen LogP contribution in [0.4, 0.5) is 0 Å². The molecular formula is C8H9OP. The van der Waals surface area contributed by atoms with E-state index < -0.39 is 0 Å². The van der Waals surface area contributed by atoms with Crippen LogP contribution >= 0.6 is 9.24 Å². The van der Waals surface area contributed by atoms with E-state index >= 15 is 0 Å². The summed E-state index contributed by atoms with van der Waals surface area (Å²) in [5, 5.41) is 0.968. The van der Waals surface area contributed by atoms with Gasteiger partial charge in [-0.05, 0) is 17.8 Å². The van der Waals surface area contributed by atoms with Gasteiger partial charge in [0.2, 0.25) is 0 Å². The fourth-order valence-corrected chi connectivity index (χ4v) is 1.27. The van der Waals surface area contributed by atoms with E-state index in [1.807, 2.05) is 25.1 Å². The number of benzene rings is 1. The zero-order valence-corrected chi connectivity index (χ0v) is 6.95. The normalized spacial score (nSPS) is 9.40. The minimum absolute atomic E-state index is 0.785. The van der Waals surface area contributed by atoms with Crippen molar-refractivity contribution in [3.8, 4) is 0 Å². The number of aryl methyl sites for hydroxylation is 1. The highest BCUT2D eigenvalue weighted by atomic mass is 31.0. The number of carbonyl (C=O) groups is 1. The minimum atomic E-state index is 0.785. The lowest BCUT2D eigenvalue weighted by molar-refractivity contribution is 0.112. The molecule has 0 saturated heterocycles. The topological polar surface area (TPSA) is 17.1 Å². The molecule has 0 spiro atoms. The van der Waals surface area contributed by atoms with Gasteiger partial charge in [-0.3, -0.25) is 4.79 Å². The van der Waals surface area contributed by atoms with Crippen LogP contribution in [0.25, 0.3) is 0 Å². The smallest absolute Gasteiger partial charge is 0.150 e. The maximum atomic E-state index is 10.4. The molecule has 2 heteroatoms. The van der Waals surface area contributed by atoms with Crippen molar-refractivity contribution in [2.45, 2.75) is 6.92 Å². The maximum absolute atomic E-state index is 10.4. The first-order valence-corrected chi connectivity index (χ1v) is 3.63. The number of hydrogen-bond donors (Lipinski definition) is 0. The molecule has 1 aromatic carbocycles. The van der Waals surface area contributed by atoms with Gasteiger partial charge in [-0.2, -0.15) is 0 Å². The summed E-state index contributed by atoms with van der Waals surface area (Å²) < 4.78 is 0. The van der Waals surface area contributed by atoms with Gasteiger partial charge in [-0.1, -0.05) is 18.2 Å². The fraction of sp³-hybridized carbons (Fsp3) is 0.125. The molecular weight excluding hydrogens is 143 g/mol. The predicted octanol–water partition coefficient (Wildman–Crippen LogP) is 1.31. The van der Waals surface area contributed by atoms with E-state index in [-0.39, 0.29) is 0 Å². The highest BCUT2D eigenvalue weighted by Gasteiger charge is 1.97. The number of carbonyl (C=O) groups excluding carboxylic acids is 1. The molecule has 10 heavy (non-hydrogen) atoms. The second-order valence-electron chi connectivity index (χ2n) is 2.20. The standard InChI is InChI=1S/C8H9OP/c1-6-3-2-4-8(10)7(6)5-9/h2-5H,10H2,1H3. The Labute approximate surface area is 62.7 Å². The van der Waals surface area contributed by atoms with Gasteiger partial charge in [0.15, 0.2) is 6.29 Å². The van der Waals surface area contributed by atoms with Crippen LogP contribution in [-0.4, -0.2) is 6.29 Å². The molecule has 0 saturated carbocycles. The first-order chi connectivity index (χ1) is 4.75. The molecule has 0 aliphatic carbocycles. The molecule has 0 aliphatic heterocycles. The molecule has 1 rings (SSSR count). The number of aldehydes is 1. The Morgan fingerprint density at radius 2 is 2.20 bits per heavy atom. The van der Waals surface area contributed by atoms with Crippen LogP contribution in [0.2, 0.25) is 0 Å². The lowest BCUT2D eigenvalue weighted by Gasteiger charge is -1.99.